The van der Waals surface area contributed by atoms with Gasteiger partial charge in [-0.3, -0.25) is 8.42 Å². The molecule has 0 aliphatic heterocycles. The van der Waals surface area contributed by atoms with Crippen LogP contribution in [-0.4, -0.2) is 17.5 Å². The van der Waals surface area contributed by atoms with Crippen LogP contribution >= 0.6 is 0 Å². The van der Waals surface area contributed by atoms with E-state index < -0.39 is 10.4 Å². The SMILES string of the molecule is O=N[O-].O=N[O-].O=S(=O)([O-])[O-].[K+].[K+].[Pd]. The third kappa shape index (κ3) is 398. The summed E-state index contributed by atoms with van der Waals surface area (Å²) in [5.41, 5.74) is 0. The summed E-state index contributed by atoms with van der Waals surface area (Å²) in [5.74, 6) is 0. The molecule has 0 aromatic carbocycles. The third-order valence-corrected chi connectivity index (χ3v) is 0. The Morgan fingerprint density at radius 3 is 0.857 bits per heavy atom. The fourth-order valence-electron chi connectivity index (χ4n) is 0. The normalized spacial score (nSPS) is 5.86. The maximum atomic E-state index is 8.52. The molecule has 78 valence electrons. The summed E-state index contributed by atoms with van der Waals surface area (Å²) in [6.07, 6.45) is 0. The van der Waals surface area contributed by atoms with Crippen molar-refractivity contribution < 1.29 is 141 Å². The van der Waals surface area contributed by atoms with E-state index in [0.717, 1.165) is 10.7 Å². The topological polar surface area (TPSA) is 185 Å². The van der Waals surface area contributed by atoms with Gasteiger partial charge in [0.1, 0.15) is 0 Å². The number of hydrogen-bond donors (Lipinski definition) is 0. The smallest absolute Gasteiger partial charge is 0.759 e. The fourth-order valence-corrected chi connectivity index (χ4v) is 0. The van der Waals surface area contributed by atoms with E-state index in [4.69, 9.17) is 37.8 Å². The van der Waals surface area contributed by atoms with E-state index in [-0.39, 0.29) is 123 Å². The molecule has 14 heteroatoms. The molecule has 0 atom stereocenters. The summed E-state index contributed by atoms with van der Waals surface area (Å²) >= 11 is 0. The quantitative estimate of drug-likeness (QED) is 0.132. The molecule has 0 heterocycles. The molecule has 0 rings (SSSR count). The average molecular weight is 373 g/mol. The van der Waals surface area contributed by atoms with Gasteiger partial charge in [-0.2, -0.15) is 0 Å². The van der Waals surface area contributed by atoms with Crippen LogP contribution in [0.3, 0.4) is 0 Å². The van der Waals surface area contributed by atoms with Crippen LogP contribution in [0.2, 0.25) is 0 Å². The minimum atomic E-state index is -5.17. The summed E-state index contributed by atoms with van der Waals surface area (Å²) in [6, 6.07) is 0. The van der Waals surface area contributed by atoms with E-state index in [1.807, 2.05) is 0 Å². The minimum absolute atomic E-state index is 0. The maximum Gasteiger partial charge on any atom is 1.00 e. The molecule has 0 bridgehead atoms. The predicted molar refractivity (Wildman–Crippen MR) is 28.8 cm³/mol. The van der Waals surface area contributed by atoms with Gasteiger partial charge in [0, 0.05) is 30.8 Å². The van der Waals surface area contributed by atoms with Gasteiger partial charge in [0.15, 0.2) is 0 Å². The molecule has 0 aromatic rings. The third-order valence-electron chi connectivity index (χ3n) is 0. The van der Waals surface area contributed by atoms with Crippen LogP contribution in [-0.2, 0) is 30.8 Å². The van der Waals surface area contributed by atoms with Gasteiger partial charge < -0.3 is 29.3 Å². The van der Waals surface area contributed by atoms with Crippen molar-refractivity contribution in [2.24, 2.45) is 10.7 Å². The molecule has 14 heavy (non-hydrogen) atoms. The van der Waals surface area contributed by atoms with E-state index in [0.29, 0.717) is 0 Å². The molecule has 0 aromatic heterocycles. The molecule has 10 nitrogen and oxygen atoms in total. The van der Waals surface area contributed by atoms with Crippen LogP contribution in [0, 0.1) is 20.2 Å². The average Bonchev–Trinajstić information content (AvgIpc) is 1.62. The molecule has 0 fully saturated rings. The van der Waals surface area contributed by atoms with Crippen molar-refractivity contribution >= 4 is 10.4 Å². The van der Waals surface area contributed by atoms with Gasteiger partial charge in [0.05, 0.1) is 0 Å². The van der Waals surface area contributed by atoms with Crippen LogP contribution in [0.4, 0.5) is 0 Å². The minimum Gasteiger partial charge on any atom is -0.759 e. The van der Waals surface area contributed by atoms with E-state index >= 15 is 0 Å². The number of rotatable bonds is 0. The van der Waals surface area contributed by atoms with E-state index in [2.05, 4.69) is 0 Å². The Hall–Kier alpha value is 2.61. The van der Waals surface area contributed by atoms with Gasteiger partial charge in [-0.1, -0.05) is 0 Å². The second kappa shape index (κ2) is 29.6. The Morgan fingerprint density at radius 1 is 0.857 bits per heavy atom. The van der Waals surface area contributed by atoms with E-state index in [1.165, 1.54) is 0 Å². The molecular formula is K2N2O8PdS-2. The van der Waals surface area contributed by atoms with Gasteiger partial charge in [0.2, 0.25) is 0 Å². The molecule has 0 aliphatic rings. The molecular weight excluding hydrogens is 373 g/mol. The molecule has 0 spiro atoms. The second-order valence-corrected chi connectivity index (χ2v) is 1.37. The first-order chi connectivity index (χ1) is 4.83. The maximum absolute atomic E-state index is 8.52. The van der Waals surface area contributed by atoms with Gasteiger partial charge in [-0.25, -0.2) is 0 Å². The van der Waals surface area contributed by atoms with Crippen molar-refractivity contribution in [3.05, 3.63) is 20.2 Å². The monoisotopic (exact) mass is 372 g/mol. The van der Waals surface area contributed by atoms with Crippen molar-refractivity contribution in [2.75, 3.05) is 0 Å². The molecule has 0 N–H and O–H groups in total. The summed E-state index contributed by atoms with van der Waals surface area (Å²) in [7, 11) is -5.17. The van der Waals surface area contributed by atoms with Crippen molar-refractivity contribution in [3.8, 4) is 0 Å². The standard InChI is InChI=1S/2K.2HNO2.H2O4S.Pd/c;;2*2-1-3;1-5(2,3)4;/h;;2*(H,2,3);(H2,1,2,3,4);/q2*+1;;;;/p-4. The van der Waals surface area contributed by atoms with Gasteiger partial charge in [-0.15, -0.1) is 10.7 Å². The Balaban J connectivity index is -0.0000000162. The molecule has 0 aliphatic carbocycles. The zero-order valence-electron chi connectivity index (χ0n) is 6.88. The van der Waals surface area contributed by atoms with Crippen molar-refractivity contribution in [3.63, 3.8) is 0 Å². The first-order valence-corrected chi connectivity index (χ1v) is 2.73. The van der Waals surface area contributed by atoms with Crippen LogP contribution in [0.25, 0.3) is 0 Å². The van der Waals surface area contributed by atoms with Crippen LogP contribution in [0.15, 0.2) is 10.7 Å². The van der Waals surface area contributed by atoms with E-state index in [1.54, 1.807) is 0 Å². The van der Waals surface area contributed by atoms with Crippen LogP contribution in [0.5, 0.6) is 0 Å². The summed E-state index contributed by atoms with van der Waals surface area (Å²) in [6.45, 7) is 0. The van der Waals surface area contributed by atoms with Crippen LogP contribution < -0.4 is 103 Å². The largest absolute Gasteiger partial charge is 1.00 e. The molecule has 0 radical (unpaired) electrons. The predicted octanol–water partition coefficient (Wildman–Crippen LogP) is -6.83. The Morgan fingerprint density at radius 2 is 0.857 bits per heavy atom. The van der Waals surface area contributed by atoms with Crippen molar-refractivity contribution in [2.45, 2.75) is 0 Å². The fraction of sp³-hybridized carbons (Fsp3) is 0. The zero-order chi connectivity index (χ0) is 9.91. The first-order valence-electron chi connectivity index (χ1n) is 1.40. The molecule has 0 saturated heterocycles. The Kier molecular flexibility index (Phi) is 76.0. The molecule has 0 saturated carbocycles. The van der Waals surface area contributed by atoms with Gasteiger partial charge in [-0.05, 0) is 0 Å². The second-order valence-electron chi connectivity index (χ2n) is 0.557. The van der Waals surface area contributed by atoms with Gasteiger partial charge in [0.25, 0.3) is 0 Å². The Bertz CT molecular complexity index is 166. The zero-order valence-corrected chi connectivity index (χ0v) is 15.5. The first kappa shape index (κ1) is 36.0. The number of nitrogens with zero attached hydrogens (tertiary/aromatic N) is 2. The molecule has 0 amide bonds. The molecule has 0 unspecified atom stereocenters. The number of hydrogen-bond acceptors (Lipinski definition) is 10. The van der Waals surface area contributed by atoms with E-state index in [9.17, 15) is 0 Å². The van der Waals surface area contributed by atoms with Crippen LogP contribution in [0.1, 0.15) is 0 Å². The van der Waals surface area contributed by atoms with Crippen molar-refractivity contribution in [1.29, 1.82) is 0 Å². The van der Waals surface area contributed by atoms with Crippen molar-refractivity contribution in [1.82, 2.24) is 0 Å². The summed E-state index contributed by atoms with van der Waals surface area (Å²) in [5, 5.41) is 18.0. The Labute approximate surface area is 178 Å². The van der Waals surface area contributed by atoms with Gasteiger partial charge >= 0.3 is 103 Å². The summed E-state index contributed by atoms with van der Waals surface area (Å²) in [4.78, 5) is 16.0. The summed E-state index contributed by atoms with van der Waals surface area (Å²) < 4.78 is 34.1.